The number of aromatic hydroxyl groups is 1. The molecule has 1 heterocycles. The second-order valence-corrected chi connectivity index (χ2v) is 17.2. The molecule has 0 aliphatic carbocycles. The van der Waals surface area contributed by atoms with Crippen LogP contribution in [0.3, 0.4) is 0 Å². The maximum absolute atomic E-state index is 14.0. The second-order valence-electron chi connectivity index (χ2n) is 17.2. The number of β-amino-alcohol motifs (C(OH)–C–C–N with tert-alkyl or cyclic N) is 1. The number of carbonyl (C=O) groups excluding carboxylic acids is 5. The maximum atomic E-state index is 14.0. The first-order chi connectivity index (χ1) is 28.8. The zero-order valence-corrected chi connectivity index (χ0v) is 37.1. The van der Waals surface area contributed by atoms with E-state index in [1.807, 2.05) is 0 Å². The Bertz CT molecular complexity index is 1500. The van der Waals surface area contributed by atoms with Crippen molar-refractivity contribution in [1.29, 1.82) is 0 Å². The van der Waals surface area contributed by atoms with Crippen LogP contribution in [0.15, 0.2) is 24.3 Å². The van der Waals surface area contributed by atoms with Gasteiger partial charge in [-0.15, -0.1) is 0 Å². The molecule has 12 atom stereocenters. The van der Waals surface area contributed by atoms with Crippen molar-refractivity contribution in [2.24, 2.45) is 17.6 Å². The fraction of sp³-hybridized carbons (Fsp3) is 0.750. The molecule has 1 aliphatic heterocycles. The van der Waals surface area contributed by atoms with Crippen molar-refractivity contribution in [3.63, 3.8) is 0 Å². The number of likely N-dealkylation sites (tertiary alicyclic amines) is 1. The van der Waals surface area contributed by atoms with Crippen molar-refractivity contribution >= 4 is 29.4 Å². The normalized spacial score (nSPS) is 20.3. The lowest BCUT2D eigenvalue weighted by atomic mass is 9.91. The zero-order valence-electron chi connectivity index (χ0n) is 37.1. The molecule has 348 valence electrons. The largest absolute Gasteiger partial charge is 0.508 e. The molecule has 1 aromatic rings. The molecule has 17 heteroatoms. The quantitative estimate of drug-likeness (QED) is 0.0503. The summed E-state index contributed by atoms with van der Waals surface area (Å²) in [6, 6.07) is -1.36. The molecule has 0 radical (unpaired) electrons. The van der Waals surface area contributed by atoms with Crippen molar-refractivity contribution in [3.05, 3.63) is 29.8 Å². The fourth-order valence-electron chi connectivity index (χ4n) is 7.70. The lowest BCUT2D eigenvalue weighted by Crippen LogP contribution is -2.61. The van der Waals surface area contributed by atoms with Crippen LogP contribution in [0, 0.1) is 11.8 Å². The van der Waals surface area contributed by atoms with Gasteiger partial charge in [-0.1, -0.05) is 77.8 Å². The van der Waals surface area contributed by atoms with Gasteiger partial charge < -0.3 is 62.5 Å². The Hall–Kier alpha value is -3.71. The minimum absolute atomic E-state index is 0.0967. The van der Waals surface area contributed by atoms with Crippen LogP contribution < -0.4 is 27.0 Å². The van der Waals surface area contributed by atoms with E-state index >= 15 is 0 Å². The molecule has 2 unspecified atom stereocenters. The number of nitrogens with zero attached hydrogens (tertiary/aromatic N) is 1. The molecular formula is C44H76N6O11. The van der Waals surface area contributed by atoms with Gasteiger partial charge in [0.05, 0.1) is 18.3 Å². The number of aliphatic hydroxyl groups excluding tert-OH is 5. The van der Waals surface area contributed by atoms with E-state index in [4.69, 9.17) is 5.73 Å². The average molecular weight is 865 g/mol. The van der Waals surface area contributed by atoms with Crippen LogP contribution in [0.5, 0.6) is 5.75 Å². The number of hydrogen-bond acceptors (Lipinski definition) is 13. The predicted octanol–water partition coefficient (Wildman–Crippen LogP) is 1.05. The summed E-state index contributed by atoms with van der Waals surface area (Å²) in [5.41, 5.74) is 5.75. The molecule has 12 N–H and O–H groups in total. The zero-order chi connectivity index (χ0) is 45.8. The van der Waals surface area contributed by atoms with Crippen molar-refractivity contribution in [1.82, 2.24) is 26.2 Å². The van der Waals surface area contributed by atoms with Crippen LogP contribution in [0.2, 0.25) is 0 Å². The van der Waals surface area contributed by atoms with E-state index in [2.05, 4.69) is 42.0 Å². The Labute approximate surface area is 361 Å². The summed E-state index contributed by atoms with van der Waals surface area (Å²) >= 11 is 0. The van der Waals surface area contributed by atoms with Crippen LogP contribution in [-0.4, -0.2) is 139 Å². The fourth-order valence-corrected chi connectivity index (χ4v) is 7.70. The van der Waals surface area contributed by atoms with E-state index in [9.17, 15) is 54.6 Å². The van der Waals surface area contributed by atoms with Gasteiger partial charge in [-0.05, 0) is 63.1 Å². The molecule has 2 rings (SSSR count). The number of nitrogens with two attached hydrogens (primary N) is 1. The SMILES string of the molecule is CCC(C)CC(C)CCCCCCCCC(=O)N[C@@H](C[C@@H](O)[C@H](C)NCCN)C(=O)N[C@H](C(=O)N1C[C@H](O)C[C@H]1C(=O)N[C@H](C(C)=O)[C@H](O)[C@@H](O)c1ccc(O)cc1)[C@@H](C)O. The van der Waals surface area contributed by atoms with Crippen molar-refractivity contribution < 1.29 is 54.6 Å². The monoisotopic (exact) mass is 865 g/mol. The summed E-state index contributed by atoms with van der Waals surface area (Å²) in [6.45, 7) is 11.2. The molecule has 1 saturated heterocycles. The first-order valence-electron chi connectivity index (χ1n) is 22.1. The van der Waals surface area contributed by atoms with E-state index in [1.165, 1.54) is 56.9 Å². The highest BCUT2D eigenvalue weighted by atomic mass is 16.3. The summed E-state index contributed by atoms with van der Waals surface area (Å²) in [6.07, 6.45) is 1.67. The highest BCUT2D eigenvalue weighted by Crippen LogP contribution is 2.25. The molecule has 0 aromatic heterocycles. The van der Waals surface area contributed by atoms with Crippen LogP contribution in [-0.2, 0) is 24.0 Å². The highest BCUT2D eigenvalue weighted by Gasteiger charge is 2.45. The number of Topliss-reactive ketones (excluding diaryl/α,β-unsaturated/α-hetero) is 1. The Morgan fingerprint density at radius 1 is 0.836 bits per heavy atom. The lowest BCUT2D eigenvalue weighted by Gasteiger charge is -2.32. The summed E-state index contributed by atoms with van der Waals surface area (Å²) < 4.78 is 0. The smallest absolute Gasteiger partial charge is 0.248 e. The van der Waals surface area contributed by atoms with Crippen molar-refractivity contribution in [2.75, 3.05) is 19.6 Å². The molecule has 1 aliphatic rings. The Morgan fingerprint density at radius 3 is 2.05 bits per heavy atom. The Kier molecular flexibility index (Phi) is 24.0. The minimum Gasteiger partial charge on any atom is -0.508 e. The van der Waals surface area contributed by atoms with Gasteiger partial charge in [0.1, 0.15) is 42.1 Å². The van der Waals surface area contributed by atoms with E-state index < -0.39 is 90.1 Å². The number of amides is 4. The van der Waals surface area contributed by atoms with E-state index in [-0.39, 0.29) is 37.1 Å². The highest BCUT2D eigenvalue weighted by molar-refractivity contribution is 5.96. The third-order valence-corrected chi connectivity index (χ3v) is 11.7. The van der Waals surface area contributed by atoms with Crippen LogP contribution in [0.25, 0.3) is 0 Å². The molecular weight excluding hydrogens is 789 g/mol. The summed E-state index contributed by atoms with van der Waals surface area (Å²) in [5.74, 6) is -2.56. The second kappa shape index (κ2) is 27.4. The molecule has 0 saturated carbocycles. The number of benzene rings is 1. The van der Waals surface area contributed by atoms with Gasteiger partial charge in [-0.25, -0.2) is 0 Å². The van der Waals surface area contributed by atoms with Crippen LogP contribution >= 0.6 is 0 Å². The first kappa shape index (κ1) is 53.4. The number of phenolic OH excluding ortho intramolecular Hbond substituents is 1. The van der Waals surface area contributed by atoms with Gasteiger partial charge in [0.25, 0.3) is 0 Å². The number of phenols is 1. The van der Waals surface area contributed by atoms with Crippen molar-refractivity contribution in [3.8, 4) is 5.75 Å². The molecule has 4 amide bonds. The Morgan fingerprint density at radius 2 is 1.46 bits per heavy atom. The molecule has 0 bridgehead atoms. The molecule has 61 heavy (non-hydrogen) atoms. The lowest BCUT2D eigenvalue weighted by molar-refractivity contribution is -0.145. The number of aliphatic hydroxyl groups is 5. The molecule has 1 aromatic carbocycles. The van der Waals surface area contributed by atoms with E-state index in [0.29, 0.717) is 25.4 Å². The topological polar surface area (TPSA) is 284 Å². The summed E-state index contributed by atoms with van der Waals surface area (Å²) in [4.78, 5) is 68.3. The number of carbonyl (C=O) groups is 5. The molecule has 17 nitrogen and oxygen atoms in total. The van der Waals surface area contributed by atoms with Gasteiger partial charge in [0, 0.05) is 44.9 Å². The maximum Gasteiger partial charge on any atom is 0.248 e. The van der Waals surface area contributed by atoms with Gasteiger partial charge >= 0.3 is 0 Å². The summed E-state index contributed by atoms with van der Waals surface area (Å²) in [5, 5.41) is 74.2. The third-order valence-electron chi connectivity index (χ3n) is 11.7. The van der Waals surface area contributed by atoms with Gasteiger partial charge in [0.15, 0.2) is 5.78 Å². The van der Waals surface area contributed by atoms with E-state index in [0.717, 1.165) is 43.4 Å². The molecule has 1 fully saturated rings. The third kappa shape index (κ3) is 18.3. The van der Waals surface area contributed by atoms with Crippen molar-refractivity contribution in [2.45, 2.75) is 179 Å². The van der Waals surface area contributed by atoms with Gasteiger partial charge in [-0.2, -0.15) is 0 Å². The first-order valence-corrected chi connectivity index (χ1v) is 22.1. The number of ketones is 1. The van der Waals surface area contributed by atoms with Crippen LogP contribution in [0.4, 0.5) is 0 Å². The summed E-state index contributed by atoms with van der Waals surface area (Å²) in [7, 11) is 0. The number of nitrogens with one attached hydrogen (secondary N) is 4. The average Bonchev–Trinajstić information content (AvgIpc) is 3.62. The van der Waals surface area contributed by atoms with Gasteiger partial charge in [0.2, 0.25) is 23.6 Å². The van der Waals surface area contributed by atoms with Crippen LogP contribution in [0.1, 0.15) is 130 Å². The van der Waals surface area contributed by atoms with Gasteiger partial charge in [-0.3, -0.25) is 24.0 Å². The number of rotatable bonds is 29. The number of unbranched alkanes of at least 4 members (excludes halogenated alkanes) is 5. The minimum atomic E-state index is -1.84. The van der Waals surface area contributed by atoms with E-state index in [1.54, 1.807) is 6.92 Å². The molecule has 0 spiro atoms. The predicted molar refractivity (Wildman–Crippen MR) is 231 cm³/mol. The Balaban J connectivity index is 2.13. The standard InChI is InChI=1S/C44H76N6O11/c1-7-26(2)22-27(3)14-12-10-8-9-11-13-15-37(56)47-34(24-36(55)28(4)46-21-20-45)42(59)49-39(30(6)52)44(61)50-25-33(54)23-35(50)43(60)48-38(29(5)51)41(58)40(57)31-16-18-32(53)19-17-31/h16-19,26-28,30,33-36,38-41,46,52-55,57-58H,7-15,20-25,45H2,1-6H3,(H,47,56)(H,48,60)(H,49,59)/t26?,27?,28-,30+,33+,34-,35-,36+,38+,39-,40-,41-/m0/s1. The number of hydrogen-bond donors (Lipinski definition) is 11.